The van der Waals surface area contributed by atoms with Crippen LogP contribution >= 0.6 is 0 Å². The second-order valence-electron chi connectivity index (χ2n) is 10.7. The number of hydrogen-bond acceptors (Lipinski definition) is 6. The normalized spacial score (nSPS) is 18.8. The molecule has 35 heavy (non-hydrogen) atoms. The Labute approximate surface area is 204 Å². The number of carbonyl (C=O) groups is 2. The lowest BCUT2D eigenvalue weighted by Gasteiger charge is -2.25. The number of aromatic hydroxyl groups is 1. The molecule has 2 aliphatic rings. The highest BCUT2D eigenvalue weighted by Crippen LogP contribution is 2.28. The summed E-state index contributed by atoms with van der Waals surface area (Å²) in [5, 5.41) is 28.4. The van der Waals surface area contributed by atoms with E-state index in [1.165, 1.54) is 10.6 Å². The SMILES string of the molecule is Cc1nn2c(=O)c(C(=O)NC3CC3)c(O)n(CC(C)C)c2c1/C=C/C(=O)N1CC[C@H](C(C)(C)O)C1. The largest absolute Gasteiger partial charge is 0.494 e. The molecular weight excluding hydrogens is 450 g/mol. The third-order valence-corrected chi connectivity index (χ3v) is 6.80. The highest BCUT2D eigenvalue weighted by Gasteiger charge is 2.35. The fourth-order valence-corrected chi connectivity index (χ4v) is 4.58. The molecule has 2 aromatic heterocycles. The molecule has 2 fully saturated rings. The summed E-state index contributed by atoms with van der Waals surface area (Å²) in [7, 11) is 0. The molecule has 2 aromatic rings. The van der Waals surface area contributed by atoms with Gasteiger partial charge >= 0.3 is 0 Å². The fraction of sp³-hybridized carbons (Fsp3) is 0.600. The Bertz CT molecular complexity index is 1250. The average molecular weight is 486 g/mol. The third-order valence-electron chi connectivity index (χ3n) is 6.80. The predicted molar refractivity (Wildman–Crippen MR) is 131 cm³/mol. The van der Waals surface area contributed by atoms with Crippen LogP contribution in [-0.4, -0.2) is 65.8 Å². The molecule has 0 bridgehead atoms. The zero-order valence-electron chi connectivity index (χ0n) is 21.0. The maximum absolute atomic E-state index is 13.2. The van der Waals surface area contributed by atoms with E-state index in [1.54, 1.807) is 31.7 Å². The van der Waals surface area contributed by atoms with E-state index in [-0.39, 0.29) is 29.3 Å². The Kier molecular flexibility index (Phi) is 6.52. The molecule has 3 heterocycles. The van der Waals surface area contributed by atoms with Gasteiger partial charge in [0.1, 0.15) is 5.65 Å². The van der Waals surface area contributed by atoms with E-state index in [0.29, 0.717) is 36.5 Å². The summed E-state index contributed by atoms with van der Waals surface area (Å²) in [6.07, 6.45) is 5.48. The van der Waals surface area contributed by atoms with E-state index in [2.05, 4.69) is 10.4 Å². The number of aromatic nitrogens is 3. The van der Waals surface area contributed by atoms with Gasteiger partial charge in [-0.2, -0.15) is 9.61 Å². The van der Waals surface area contributed by atoms with Crippen molar-refractivity contribution < 1.29 is 19.8 Å². The molecule has 0 unspecified atom stereocenters. The molecule has 10 heteroatoms. The number of carbonyl (C=O) groups excluding carboxylic acids is 2. The van der Waals surface area contributed by atoms with Gasteiger partial charge in [0.25, 0.3) is 11.5 Å². The van der Waals surface area contributed by atoms with Crippen molar-refractivity contribution in [2.45, 2.75) is 72.1 Å². The van der Waals surface area contributed by atoms with Crippen molar-refractivity contribution >= 4 is 23.5 Å². The number of rotatable bonds is 7. The van der Waals surface area contributed by atoms with Crippen LogP contribution in [-0.2, 0) is 11.3 Å². The Hall–Kier alpha value is -3.14. The molecule has 1 atom stereocenters. The van der Waals surface area contributed by atoms with Crippen LogP contribution in [0.2, 0.25) is 0 Å². The Morgan fingerprint density at radius 3 is 2.51 bits per heavy atom. The topological polar surface area (TPSA) is 129 Å². The van der Waals surface area contributed by atoms with Crippen LogP contribution in [0.1, 0.15) is 68.6 Å². The van der Waals surface area contributed by atoms with Gasteiger partial charge in [-0.05, 0) is 52.0 Å². The number of likely N-dealkylation sites (tertiary alicyclic amines) is 1. The molecule has 1 aliphatic heterocycles. The molecule has 10 nitrogen and oxygen atoms in total. The lowest BCUT2D eigenvalue weighted by atomic mass is 9.90. The van der Waals surface area contributed by atoms with E-state index >= 15 is 0 Å². The van der Waals surface area contributed by atoms with Crippen molar-refractivity contribution in [3.8, 4) is 5.88 Å². The van der Waals surface area contributed by atoms with Crippen molar-refractivity contribution in [2.24, 2.45) is 11.8 Å². The molecule has 3 N–H and O–H groups in total. The Morgan fingerprint density at radius 1 is 1.26 bits per heavy atom. The number of nitrogens with one attached hydrogen (secondary N) is 1. The Morgan fingerprint density at radius 2 is 1.94 bits per heavy atom. The predicted octanol–water partition coefficient (Wildman–Crippen LogP) is 1.69. The molecule has 0 spiro atoms. The van der Waals surface area contributed by atoms with Crippen LogP contribution in [0.4, 0.5) is 0 Å². The van der Waals surface area contributed by atoms with E-state index in [4.69, 9.17) is 0 Å². The first kappa shape index (κ1) is 25.0. The van der Waals surface area contributed by atoms with Crippen molar-refractivity contribution in [3.63, 3.8) is 0 Å². The van der Waals surface area contributed by atoms with Gasteiger partial charge in [-0.1, -0.05) is 13.8 Å². The lowest BCUT2D eigenvalue weighted by Crippen LogP contribution is -2.35. The van der Waals surface area contributed by atoms with Crippen molar-refractivity contribution in [3.05, 3.63) is 33.3 Å². The minimum absolute atomic E-state index is 0.00642. The molecular formula is C25H35N5O5. The van der Waals surface area contributed by atoms with E-state index in [1.807, 2.05) is 13.8 Å². The van der Waals surface area contributed by atoms with Crippen molar-refractivity contribution in [1.29, 1.82) is 0 Å². The van der Waals surface area contributed by atoms with Gasteiger partial charge in [-0.3, -0.25) is 19.0 Å². The first-order valence-corrected chi connectivity index (χ1v) is 12.2. The zero-order chi connectivity index (χ0) is 25.7. The quantitative estimate of drug-likeness (QED) is 0.512. The molecule has 4 rings (SSSR count). The number of aliphatic hydroxyl groups is 1. The zero-order valence-corrected chi connectivity index (χ0v) is 21.0. The van der Waals surface area contributed by atoms with Crippen LogP contribution in [0.15, 0.2) is 10.9 Å². The van der Waals surface area contributed by atoms with Crippen molar-refractivity contribution in [1.82, 2.24) is 24.4 Å². The van der Waals surface area contributed by atoms with Gasteiger partial charge in [-0.25, -0.2) is 0 Å². The Balaban J connectivity index is 1.73. The first-order valence-electron chi connectivity index (χ1n) is 12.2. The molecule has 1 aliphatic carbocycles. The van der Waals surface area contributed by atoms with E-state index in [0.717, 1.165) is 23.8 Å². The number of nitrogens with zero attached hydrogens (tertiary/aromatic N) is 4. The molecule has 190 valence electrons. The summed E-state index contributed by atoms with van der Waals surface area (Å²) in [5.74, 6) is -1.10. The summed E-state index contributed by atoms with van der Waals surface area (Å²) < 4.78 is 2.67. The van der Waals surface area contributed by atoms with Crippen LogP contribution in [0, 0.1) is 18.8 Å². The maximum atomic E-state index is 13.2. The monoisotopic (exact) mass is 485 g/mol. The summed E-state index contributed by atoms with van der Waals surface area (Å²) in [5.41, 5.74) is -0.517. The third kappa shape index (κ3) is 4.98. The van der Waals surface area contributed by atoms with Crippen LogP contribution < -0.4 is 10.9 Å². The molecule has 2 amide bonds. The minimum Gasteiger partial charge on any atom is -0.494 e. The number of fused-ring (bicyclic) bond motifs is 1. The maximum Gasteiger partial charge on any atom is 0.291 e. The van der Waals surface area contributed by atoms with E-state index < -0.39 is 22.9 Å². The highest BCUT2D eigenvalue weighted by atomic mass is 16.3. The van der Waals surface area contributed by atoms with Crippen LogP contribution in [0.25, 0.3) is 11.7 Å². The fourth-order valence-electron chi connectivity index (χ4n) is 4.58. The smallest absolute Gasteiger partial charge is 0.291 e. The highest BCUT2D eigenvalue weighted by molar-refractivity contribution is 5.97. The number of aryl methyl sites for hydroxylation is 1. The average Bonchev–Trinajstić information content (AvgIpc) is 3.29. The number of hydrogen-bond donors (Lipinski definition) is 3. The van der Waals surface area contributed by atoms with Gasteiger partial charge in [0, 0.05) is 43.2 Å². The van der Waals surface area contributed by atoms with Crippen LogP contribution in [0.5, 0.6) is 5.88 Å². The molecule has 1 saturated heterocycles. The second kappa shape index (κ2) is 9.14. The number of amides is 2. The molecule has 1 saturated carbocycles. The van der Waals surface area contributed by atoms with Gasteiger partial charge in [0.2, 0.25) is 11.8 Å². The van der Waals surface area contributed by atoms with Gasteiger partial charge < -0.3 is 20.4 Å². The molecule has 0 radical (unpaired) electrons. The first-order chi connectivity index (χ1) is 16.4. The second-order valence-corrected chi connectivity index (χ2v) is 10.7. The standard InChI is InChI=1S/C25H35N5O5/c1-14(2)12-29-22-18(8-9-19(31)28-11-10-16(13-28)25(4,5)35)15(3)27-30(22)24(34)20(23(29)33)21(32)26-17-6-7-17/h8-9,14,16-17,33,35H,6-7,10-13H2,1-5H3,(H,26,32)/b9-8+/t16-/m0/s1. The molecule has 0 aromatic carbocycles. The van der Waals surface area contributed by atoms with Gasteiger partial charge in [0.15, 0.2) is 5.56 Å². The van der Waals surface area contributed by atoms with Crippen molar-refractivity contribution in [2.75, 3.05) is 13.1 Å². The lowest BCUT2D eigenvalue weighted by molar-refractivity contribution is -0.125. The summed E-state index contributed by atoms with van der Waals surface area (Å²) in [4.78, 5) is 40.5. The summed E-state index contributed by atoms with van der Waals surface area (Å²) in [6.45, 7) is 10.5. The minimum atomic E-state index is -0.855. The van der Waals surface area contributed by atoms with E-state index in [9.17, 15) is 24.6 Å². The summed E-state index contributed by atoms with van der Waals surface area (Å²) >= 11 is 0. The van der Waals surface area contributed by atoms with Crippen LogP contribution in [0.3, 0.4) is 0 Å². The van der Waals surface area contributed by atoms with Gasteiger partial charge in [0.05, 0.1) is 11.3 Å². The summed E-state index contributed by atoms with van der Waals surface area (Å²) in [6, 6.07) is 0.0287. The van der Waals surface area contributed by atoms with Gasteiger partial charge in [-0.15, -0.1) is 0 Å².